The third-order valence-electron chi connectivity index (χ3n) is 5.34. The molecule has 4 N–H and O–H groups in total. The number of nitrogens with one attached hydrogen (secondary N) is 1. The van der Waals surface area contributed by atoms with E-state index in [4.69, 9.17) is 5.73 Å². The zero-order valence-electron chi connectivity index (χ0n) is 16.3. The summed E-state index contributed by atoms with van der Waals surface area (Å²) in [5, 5.41) is 0. The number of halogens is 1. The van der Waals surface area contributed by atoms with Crippen LogP contribution in [0.1, 0.15) is 30.9 Å². The first-order chi connectivity index (χ1) is 14.5. The molecule has 2 atom stereocenters. The number of piperidine rings is 1. The number of anilines is 1. The number of nitrogens with zero attached hydrogens (tertiary/aromatic N) is 4. The van der Waals surface area contributed by atoms with E-state index in [-0.39, 0.29) is 18.4 Å². The Balaban J connectivity index is 1.73. The second-order valence-electron chi connectivity index (χ2n) is 7.31. The first kappa shape index (κ1) is 20.7. The van der Waals surface area contributed by atoms with Gasteiger partial charge in [0.05, 0.1) is 11.2 Å². The molecule has 0 amide bonds. The van der Waals surface area contributed by atoms with Crippen molar-refractivity contribution in [3.8, 4) is 11.3 Å². The minimum Gasteiger partial charge on any atom is -0.382 e. The molecule has 0 spiro atoms. The number of nitrogen functional groups attached to an aromatic ring is 1. The fraction of sp³-hybridized carbons (Fsp3) is 0.350. The van der Waals surface area contributed by atoms with Crippen molar-refractivity contribution in [3.05, 3.63) is 48.0 Å². The Hall–Kier alpha value is -2.53. The summed E-state index contributed by atoms with van der Waals surface area (Å²) in [7, 11) is 0. The molecule has 30 heavy (non-hydrogen) atoms. The number of hydrogen-bond donors (Lipinski definition) is 3. The molecule has 3 aromatic rings. The molecule has 8 nitrogen and oxygen atoms in total. The van der Waals surface area contributed by atoms with Crippen LogP contribution in [0.4, 0.5) is 10.2 Å². The summed E-state index contributed by atoms with van der Waals surface area (Å²) >= 11 is -2.14. The van der Waals surface area contributed by atoms with Crippen LogP contribution >= 0.6 is 0 Å². The van der Waals surface area contributed by atoms with Crippen LogP contribution in [-0.4, -0.2) is 48.2 Å². The number of hydrogen-bond acceptors (Lipinski definition) is 6. The number of rotatable bonds is 6. The molecule has 0 bridgehead atoms. The highest BCUT2D eigenvalue weighted by atomic mass is 32.2. The number of nitrogens with two attached hydrogens (primary N) is 1. The van der Waals surface area contributed by atoms with Crippen molar-refractivity contribution in [2.75, 3.05) is 25.4 Å². The lowest BCUT2D eigenvalue weighted by Gasteiger charge is -2.35. The Morgan fingerprint density at radius 2 is 2.00 bits per heavy atom. The maximum absolute atomic E-state index is 14.6. The van der Waals surface area contributed by atoms with Crippen LogP contribution in [0.5, 0.6) is 0 Å². The largest absolute Gasteiger partial charge is 0.382 e. The number of benzene rings is 1. The highest BCUT2D eigenvalue weighted by molar-refractivity contribution is 7.77. The Morgan fingerprint density at radius 3 is 2.77 bits per heavy atom. The number of likely N-dealkylation sites (tertiary alicyclic amines) is 1. The summed E-state index contributed by atoms with van der Waals surface area (Å²) in [6.07, 6.45) is 4.63. The van der Waals surface area contributed by atoms with Crippen molar-refractivity contribution in [1.29, 1.82) is 0 Å². The van der Waals surface area contributed by atoms with Gasteiger partial charge in [-0.1, -0.05) is 6.42 Å². The zero-order chi connectivity index (χ0) is 21.1. The van der Waals surface area contributed by atoms with Crippen molar-refractivity contribution in [1.82, 2.24) is 24.6 Å². The van der Waals surface area contributed by atoms with E-state index in [9.17, 15) is 13.2 Å². The first-order valence-electron chi connectivity index (χ1n) is 9.78. The SMILES string of the molecule is Nc1ncnc2ccc(-c3cc(F)cc(C(CNS(=O)O)N4CCCCC4)c3)nc12. The average molecular weight is 431 g/mol. The van der Waals surface area contributed by atoms with Crippen LogP contribution < -0.4 is 10.5 Å². The number of aromatic nitrogens is 3. The van der Waals surface area contributed by atoms with E-state index in [1.165, 1.54) is 18.5 Å². The van der Waals surface area contributed by atoms with E-state index in [2.05, 4.69) is 24.6 Å². The van der Waals surface area contributed by atoms with E-state index in [1.54, 1.807) is 12.1 Å². The predicted octanol–water partition coefficient (Wildman–Crippen LogP) is 2.67. The lowest BCUT2D eigenvalue weighted by Crippen LogP contribution is -2.39. The van der Waals surface area contributed by atoms with Crippen LogP contribution in [0, 0.1) is 5.82 Å². The average Bonchev–Trinajstić information content (AvgIpc) is 2.74. The van der Waals surface area contributed by atoms with Gasteiger partial charge in [0.15, 0.2) is 5.82 Å². The third-order valence-corrected chi connectivity index (χ3v) is 5.76. The van der Waals surface area contributed by atoms with Gasteiger partial charge in [-0.3, -0.25) is 9.45 Å². The Bertz CT molecular complexity index is 1080. The molecule has 4 rings (SSSR count). The summed E-state index contributed by atoms with van der Waals surface area (Å²) in [6.45, 7) is 1.95. The van der Waals surface area contributed by atoms with Gasteiger partial charge in [-0.15, -0.1) is 0 Å². The lowest BCUT2D eigenvalue weighted by atomic mass is 9.98. The summed E-state index contributed by atoms with van der Waals surface area (Å²) in [5.41, 5.74) is 8.88. The maximum Gasteiger partial charge on any atom is 0.231 e. The number of fused-ring (bicyclic) bond motifs is 1. The van der Waals surface area contributed by atoms with Gasteiger partial charge in [-0.2, -0.15) is 0 Å². The molecule has 1 aliphatic rings. The molecule has 1 fully saturated rings. The molecule has 2 aromatic heterocycles. The highest BCUT2D eigenvalue weighted by Gasteiger charge is 2.24. The van der Waals surface area contributed by atoms with Crippen LogP contribution in [0.25, 0.3) is 22.3 Å². The molecule has 0 radical (unpaired) electrons. The van der Waals surface area contributed by atoms with E-state index in [0.717, 1.165) is 37.9 Å². The van der Waals surface area contributed by atoms with Gasteiger partial charge in [-0.25, -0.2) is 28.3 Å². The first-order valence-corrected chi connectivity index (χ1v) is 10.9. The summed E-state index contributed by atoms with van der Waals surface area (Å²) in [6, 6.07) is 8.08. The second-order valence-corrected chi connectivity index (χ2v) is 8.09. The molecule has 158 valence electrons. The standard InChI is InChI=1S/C20H23FN6O2S/c21-15-9-13(16-4-5-17-19(26-16)20(22)24-12-23-17)8-14(10-15)18(11-25-30(28)29)27-6-2-1-3-7-27/h4-5,8-10,12,18,25H,1-3,6-7,11H2,(H,28,29)(H2,22,23,24). The maximum atomic E-state index is 14.6. The fourth-order valence-electron chi connectivity index (χ4n) is 3.91. The van der Waals surface area contributed by atoms with Gasteiger partial charge in [0.2, 0.25) is 11.3 Å². The Kier molecular flexibility index (Phi) is 6.28. The molecule has 10 heteroatoms. The van der Waals surface area contributed by atoms with Crippen molar-refractivity contribution in [2.24, 2.45) is 0 Å². The van der Waals surface area contributed by atoms with Crippen molar-refractivity contribution in [3.63, 3.8) is 0 Å². The lowest BCUT2D eigenvalue weighted by molar-refractivity contribution is 0.164. The van der Waals surface area contributed by atoms with Crippen LogP contribution in [-0.2, 0) is 11.3 Å². The van der Waals surface area contributed by atoms with Crippen LogP contribution in [0.2, 0.25) is 0 Å². The molecule has 1 aliphatic heterocycles. The van der Waals surface area contributed by atoms with Gasteiger partial charge < -0.3 is 5.73 Å². The van der Waals surface area contributed by atoms with Gasteiger partial charge in [0.1, 0.15) is 17.7 Å². The summed E-state index contributed by atoms with van der Waals surface area (Å²) in [4.78, 5) is 14.9. The van der Waals surface area contributed by atoms with E-state index in [0.29, 0.717) is 22.3 Å². The van der Waals surface area contributed by atoms with Crippen molar-refractivity contribution >= 4 is 28.1 Å². The predicted molar refractivity (Wildman–Crippen MR) is 114 cm³/mol. The van der Waals surface area contributed by atoms with Gasteiger partial charge in [-0.05, 0) is 61.8 Å². The molecule has 0 aliphatic carbocycles. The monoisotopic (exact) mass is 430 g/mol. The molecule has 3 heterocycles. The normalized spacial score (nSPS) is 17.1. The van der Waals surface area contributed by atoms with Crippen LogP contribution in [0.15, 0.2) is 36.7 Å². The topological polar surface area (TPSA) is 117 Å². The molecule has 1 saturated heterocycles. The molecule has 1 aromatic carbocycles. The van der Waals surface area contributed by atoms with Gasteiger partial charge in [0, 0.05) is 18.2 Å². The Labute approximate surface area is 176 Å². The smallest absolute Gasteiger partial charge is 0.231 e. The molecular formula is C20H23FN6O2S. The summed E-state index contributed by atoms with van der Waals surface area (Å²) < 4.78 is 37.6. The minimum absolute atomic E-state index is 0.232. The van der Waals surface area contributed by atoms with Crippen LogP contribution in [0.3, 0.4) is 0 Å². The quantitative estimate of drug-likeness (QED) is 0.515. The molecule has 2 unspecified atom stereocenters. The Morgan fingerprint density at radius 1 is 1.20 bits per heavy atom. The summed E-state index contributed by atoms with van der Waals surface area (Å²) in [5.74, 6) is -0.131. The van der Waals surface area contributed by atoms with Crippen molar-refractivity contribution in [2.45, 2.75) is 25.3 Å². The van der Waals surface area contributed by atoms with E-state index < -0.39 is 17.1 Å². The third kappa shape index (κ3) is 4.62. The van der Waals surface area contributed by atoms with Gasteiger partial charge >= 0.3 is 0 Å². The van der Waals surface area contributed by atoms with E-state index >= 15 is 0 Å². The fourth-order valence-corrected chi connectivity index (χ4v) is 4.21. The van der Waals surface area contributed by atoms with Crippen molar-refractivity contribution < 1.29 is 13.2 Å². The zero-order valence-corrected chi connectivity index (χ0v) is 17.1. The molecule has 0 saturated carbocycles. The highest BCUT2D eigenvalue weighted by Crippen LogP contribution is 2.30. The van der Waals surface area contributed by atoms with Gasteiger partial charge in [0.25, 0.3) is 0 Å². The van der Waals surface area contributed by atoms with E-state index in [1.807, 2.05) is 6.07 Å². The number of pyridine rings is 1. The second kappa shape index (κ2) is 9.09. The minimum atomic E-state index is -2.14. The molecular weight excluding hydrogens is 407 g/mol.